The van der Waals surface area contributed by atoms with Crippen LogP contribution in [0.3, 0.4) is 0 Å². The molecular formula is C15H22N2. The lowest BCUT2D eigenvalue weighted by Gasteiger charge is -2.20. The summed E-state index contributed by atoms with van der Waals surface area (Å²) in [5.74, 6) is 0.770. The van der Waals surface area contributed by atoms with Gasteiger partial charge in [0.1, 0.15) is 0 Å². The van der Waals surface area contributed by atoms with Gasteiger partial charge in [-0.05, 0) is 36.8 Å². The third-order valence-corrected chi connectivity index (χ3v) is 3.27. The van der Waals surface area contributed by atoms with Gasteiger partial charge in [-0.3, -0.25) is 0 Å². The maximum atomic E-state index is 5.89. The molecule has 1 saturated carbocycles. The largest absolute Gasteiger partial charge is 0.329 e. The van der Waals surface area contributed by atoms with Crippen LogP contribution in [-0.2, 0) is 0 Å². The summed E-state index contributed by atoms with van der Waals surface area (Å²) in [5.41, 5.74) is 9.89. The van der Waals surface area contributed by atoms with E-state index in [1.807, 2.05) is 6.92 Å². The standard InChI is InChI=1S/C15H22N2/c1-11(2)10-17-15(9-16)14-6-4-3-5-13(14)12-7-8-12/h3-6,12,15,17H,1,7-10,16H2,2H3. The zero-order valence-electron chi connectivity index (χ0n) is 10.6. The maximum Gasteiger partial charge on any atom is 0.0449 e. The van der Waals surface area contributed by atoms with Crippen molar-refractivity contribution in [3.8, 4) is 0 Å². The summed E-state index contributed by atoms with van der Waals surface area (Å²) in [6.45, 7) is 7.43. The van der Waals surface area contributed by atoms with Crippen LogP contribution >= 0.6 is 0 Å². The lowest BCUT2D eigenvalue weighted by atomic mass is 9.97. The molecule has 1 aliphatic rings. The fourth-order valence-corrected chi connectivity index (χ4v) is 2.21. The lowest BCUT2D eigenvalue weighted by molar-refractivity contribution is 0.565. The van der Waals surface area contributed by atoms with Gasteiger partial charge in [0.15, 0.2) is 0 Å². The van der Waals surface area contributed by atoms with Crippen molar-refractivity contribution < 1.29 is 0 Å². The van der Waals surface area contributed by atoms with Gasteiger partial charge in [0.25, 0.3) is 0 Å². The van der Waals surface area contributed by atoms with Crippen LogP contribution in [0, 0.1) is 0 Å². The van der Waals surface area contributed by atoms with Gasteiger partial charge in [0.05, 0.1) is 0 Å². The van der Waals surface area contributed by atoms with Gasteiger partial charge in [-0.2, -0.15) is 0 Å². The third-order valence-electron chi connectivity index (χ3n) is 3.27. The molecule has 0 saturated heterocycles. The normalized spacial score (nSPS) is 16.8. The lowest BCUT2D eigenvalue weighted by Crippen LogP contribution is -2.30. The van der Waals surface area contributed by atoms with Crippen LogP contribution in [0.15, 0.2) is 36.4 Å². The van der Waals surface area contributed by atoms with Gasteiger partial charge in [0.2, 0.25) is 0 Å². The SMILES string of the molecule is C=C(C)CNC(CN)c1ccccc1C1CC1. The predicted molar refractivity (Wildman–Crippen MR) is 73.0 cm³/mol. The van der Waals surface area contributed by atoms with E-state index in [2.05, 4.69) is 36.2 Å². The Morgan fingerprint density at radius 1 is 1.47 bits per heavy atom. The second-order valence-electron chi connectivity index (χ2n) is 5.03. The summed E-state index contributed by atoms with van der Waals surface area (Å²) in [5, 5.41) is 3.48. The van der Waals surface area contributed by atoms with Crippen LogP contribution in [0.4, 0.5) is 0 Å². The van der Waals surface area contributed by atoms with Crippen LogP contribution in [0.25, 0.3) is 0 Å². The van der Waals surface area contributed by atoms with E-state index < -0.39 is 0 Å². The Morgan fingerprint density at radius 3 is 2.76 bits per heavy atom. The molecule has 0 aliphatic heterocycles. The second kappa shape index (κ2) is 5.48. The van der Waals surface area contributed by atoms with E-state index in [1.165, 1.54) is 24.0 Å². The van der Waals surface area contributed by atoms with Crippen LogP contribution in [0.1, 0.15) is 42.9 Å². The molecule has 17 heavy (non-hydrogen) atoms. The maximum absolute atomic E-state index is 5.89. The van der Waals surface area contributed by atoms with Crippen molar-refractivity contribution in [1.82, 2.24) is 5.32 Å². The molecule has 0 amide bonds. The highest BCUT2D eigenvalue weighted by Crippen LogP contribution is 2.42. The van der Waals surface area contributed by atoms with Crippen molar-refractivity contribution in [1.29, 1.82) is 0 Å². The minimum Gasteiger partial charge on any atom is -0.329 e. The van der Waals surface area contributed by atoms with Crippen LogP contribution in [-0.4, -0.2) is 13.1 Å². The van der Waals surface area contributed by atoms with Crippen molar-refractivity contribution in [3.63, 3.8) is 0 Å². The van der Waals surface area contributed by atoms with E-state index in [4.69, 9.17) is 5.73 Å². The van der Waals surface area contributed by atoms with E-state index in [9.17, 15) is 0 Å². The van der Waals surface area contributed by atoms with Gasteiger partial charge in [-0.25, -0.2) is 0 Å². The quantitative estimate of drug-likeness (QED) is 0.737. The van der Waals surface area contributed by atoms with Crippen LogP contribution in [0.2, 0.25) is 0 Å². The average molecular weight is 230 g/mol. The highest BCUT2D eigenvalue weighted by molar-refractivity contribution is 5.35. The van der Waals surface area contributed by atoms with E-state index in [-0.39, 0.29) is 6.04 Å². The molecule has 1 aromatic rings. The monoisotopic (exact) mass is 230 g/mol. The third kappa shape index (κ3) is 3.18. The van der Waals surface area contributed by atoms with Crippen molar-refractivity contribution in [2.45, 2.75) is 31.7 Å². The minimum absolute atomic E-state index is 0.253. The molecule has 2 rings (SSSR count). The van der Waals surface area contributed by atoms with Gasteiger partial charge in [0, 0.05) is 19.1 Å². The molecular weight excluding hydrogens is 208 g/mol. The zero-order chi connectivity index (χ0) is 12.3. The molecule has 0 heterocycles. The first kappa shape index (κ1) is 12.3. The molecule has 2 nitrogen and oxygen atoms in total. The summed E-state index contributed by atoms with van der Waals surface area (Å²) in [7, 11) is 0. The molecule has 3 N–H and O–H groups in total. The van der Waals surface area contributed by atoms with E-state index >= 15 is 0 Å². The fraction of sp³-hybridized carbons (Fsp3) is 0.467. The first-order valence-electron chi connectivity index (χ1n) is 6.39. The fourth-order valence-electron chi connectivity index (χ4n) is 2.21. The zero-order valence-corrected chi connectivity index (χ0v) is 10.6. The molecule has 1 aromatic carbocycles. The Labute approximate surface area is 104 Å². The smallest absolute Gasteiger partial charge is 0.0449 e. The summed E-state index contributed by atoms with van der Waals surface area (Å²) in [6.07, 6.45) is 2.66. The molecule has 92 valence electrons. The van der Waals surface area contributed by atoms with Crippen molar-refractivity contribution in [3.05, 3.63) is 47.5 Å². The molecule has 2 heteroatoms. The molecule has 0 bridgehead atoms. The number of hydrogen-bond donors (Lipinski definition) is 2. The number of benzene rings is 1. The Bertz CT molecular complexity index is 394. The number of nitrogens with two attached hydrogens (primary N) is 1. The Morgan fingerprint density at radius 2 is 2.18 bits per heavy atom. The summed E-state index contributed by atoms with van der Waals surface area (Å²) in [6, 6.07) is 8.94. The van der Waals surface area contributed by atoms with Gasteiger partial charge in [-0.1, -0.05) is 36.4 Å². The number of rotatable bonds is 6. The van der Waals surface area contributed by atoms with Gasteiger partial charge < -0.3 is 11.1 Å². The first-order chi connectivity index (χ1) is 8.22. The molecule has 0 aromatic heterocycles. The first-order valence-corrected chi connectivity index (χ1v) is 6.39. The molecule has 1 unspecified atom stereocenters. The van der Waals surface area contributed by atoms with E-state index in [0.29, 0.717) is 6.54 Å². The molecule has 0 spiro atoms. The highest BCUT2D eigenvalue weighted by Gasteiger charge is 2.27. The number of hydrogen-bond acceptors (Lipinski definition) is 2. The van der Waals surface area contributed by atoms with Crippen LogP contribution in [0.5, 0.6) is 0 Å². The van der Waals surface area contributed by atoms with E-state index in [1.54, 1.807) is 0 Å². The van der Waals surface area contributed by atoms with E-state index in [0.717, 1.165) is 18.0 Å². The molecule has 1 aliphatic carbocycles. The van der Waals surface area contributed by atoms with Gasteiger partial charge >= 0.3 is 0 Å². The van der Waals surface area contributed by atoms with Crippen molar-refractivity contribution >= 4 is 0 Å². The Balaban J connectivity index is 2.14. The summed E-state index contributed by atoms with van der Waals surface area (Å²) in [4.78, 5) is 0. The van der Waals surface area contributed by atoms with Crippen LogP contribution < -0.4 is 11.1 Å². The number of nitrogens with one attached hydrogen (secondary N) is 1. The summed E-state index contributed by atoms with van der Waals surface area (Å²) < 4.78 is 0. The average Bonchev–Trinajstić information content (AvgIpc) is 3.14. The second-order valence-corrected chi connectivity index (χ2v) is 5.03. The topological polar surface area (TPSA) is 38.0 Å². The Hall–Kier alpha value is -1.12. The highest BCUT2D eigenvalue weighted by atomic mass is 14.9. The minimum atomic E-state index is 0.253. The Kier molecular flexibility index (Phi) is 3.97. The molecule has 1 fully saturated rings. The van der Waals surface area contributed by atoms with Crippen molar-refractivity contribution in [2.24, 2.45) is 5.73 Å². The molecule has 1 atom stereocenters. The molecule has 0 radical (unpaired) electrons. The predicted octanol–water partition coefficient (Wildman–Crippen LogP) is 2.73. The summed E-state index contributed by atoms with van der Waals surface area (Å²) >= 11 is 0. The van der Waals surface area contributed by atoms with Crippen molar-refractivity contribution in [2.75, 3.05) is 13.1 Å². The van der Waals surface area contributed by atoms with Gasteiger partial charge in [-0.15, -0.1) is 0 Å².